The molecule has 5 nitrogen and oxygen atoms in total. The largest absolute Gasteiger partial charge is 0.508 e. The zero-order valence-corrected chi connectivity index (χ0v) is 14.1. The van der Waals surface area contributed by atoms with Crippen molar-refractivity contribution in [3.05, 3.63) is 76.4 Å². The first kappa shape index (κ1) is 15.7. The predicted octanol–water partition coefficient (Wildman–Crippen LogP) is 3.76. The van der Waals surface area contributed by atoms with E-state index < -0.39 is 0 Å². The van der Waals surface area contributed by atoms with Gasteiger partial charge in [-0.1, -0.05) is 35.9 Å². The van der Waals surface area contributed by atoms with E-state index in [1.54, 1.807) is 16.8 Å². The third-order valence-corrected chi connectivity index (χ3v) is 4.68. The average molecular weight is 354 g/mol. The smallest absolute Gasteiger partial charge is 0.226 e. The first-order chi connectivity index (χ1) is 12.1. The van der Waals surface area contributed by atoms with Gasteiger partial charge in [0.2, 0.25) is 5.91 Å². The van der Waals surface area contributed by atoms with Crippen LogP contribution in [0.4, 0.5) is 5.82 Å². The van der Waals surface area contributed by atoms with Crippen molar-refractivity contribution in [1.29, 1.82) is 0 Å². The maximum atomic E-state index is 12.2. The van der Waals surface area contributed by atoms with Crippen LogP contribution in [0.1, 0.15) is 29.0 Å². The van der Waals surface area contributed by atoms with Gasteiger partial charge < -0.3 is 10.4 Å². The van der Waals surface area contributed by atoms with E-state index in [9.17, 15) is 9.90 Å². The summed E-state index contributed by atoms with van der Waals surface area (Å²) in [6.07, 6.45) is 2.17. The van der Waals surface area contributed by atoms with Crippen molar-refractivity contribution in [3.63, 3.8) is 0 Å². The topological polar surface area (TPSA) is 67.1 Å². The molecular formula is C19H16ClN3O2. The number of rotatable bonds is 3. The molecule has 6 heteroatoms. The highest BCUT2D eigenvalue weighted by Gasteiger charge is 2.29. The Kier molecular flexibility index (Phi) is 3.93. The number of phenolic OH excluding ortho intramolecular Hbond substituents is 1. The molecule has 1 aliphatic heterocycles. The second-order valence-electron chi connectivity index (χ2n) is 6.13. The normalized spacial score (nSPS) is 16.4. The molecule has 0 saturated carbocycles. The Morgan fingerprint density at radius 3 is 2.60 bits per heavy atom. The summed E-state index contributed by atoms with van der Waals surface area (Å²) >= 11 is 5.93. The summed E-state index contributed by atoms with van der Waals surface area (Å²) < 4.78 is 1.79. The molecule has 0 radical (unpaired) electrons. The maximum absolute atomic E-state index is 12.2. The van der Waals surface area contributed by atoms with E-state index in [4.69, 9.17) is 11.6 Å². The number of carbonyl (C=O) groups is 1. The number of fused-ring (bicyclic) bond motifs is 1. The van der Waals surface area contributed by atoms with E-state index >= 15 is 0 Å². The quantitative estimate of drug-likeness (QED) is 0.753. The molecule has 1 aromatic heterocycles. The van der Waals surface area contributed by atoms with Crippen LogP contribution >= 0.6 is 11.6 Å². The maximum Gasteiger partial charge on any atom is 0.226 e. The molecule has 0 fully saturated rings. The van der Waals surface area contributed by atoms with Gasteiger partial charge in [-0.05, 0) is 35.4 Å². The van der Waals surface area contributed by atoms with Crippen LogP contribution in [0.15, 0.2) is 54.7 Å². The van der Waals surface area contributed by atoms with Gasteiger partial charge in [0, 0.05) is 22.9 Å². The zero-order chi connectivity index (χ0) is 17.4. The molecule has 2 N–H and O–H groups in total. The van der Waals surface area contributed by atoms with Crippen molar-refractivity contribution < 1.29 is 9.90 Å². The van der Waals surface area contributed by atoms with Crippen LogP contribution in [0.25, 0.3) is 0 Å². The molecule has 0 spiro atoms. The lowest BCUT2D eigenvalue weighted by Gasteiger charge is -2.23. The van der Waals surface area contributed by atoms with Crippen molar-refractivity contribution in [2.45, 2.75) is 18.9 Å². The molecule has 2 heterocycles. The van der Waals surface area contributed by atoms with Gasteiger partial charge in [0.05, 0.1) is 12.7 Å². The summed E-state index contributed by atoms with van der Waals surface area (Å²) in [7, 11) is 0. The molecular weight excluding hydrogens is 338 g/mol. The predicted molar refractivity (Wildman–Crippen MR) is 96.0 cm³/mol. The number of amides is 1. The van der Waals surface area contributed by atoms with Crippen LogP contribution in [0.3, 0.4) is 0 Å². The van der Waals surface area contributed by atoms with E-state index in [1.807, 2.05) is 42.6 Å². The molecule has 1 aliphatic rings. The number of hydrogen-bond donors (Lipinski definition) is 2. The highest BCUT2D eigenvalue weighted by Crippen LogP contribution is 2.37. The molecule has 0 saturated heterocycles. The standard InChI is InChI=1S/C19H16ClN3O2/c20-14-5-1-12(2-6-14)11-23-19-17(10-21-23)16(9-18(25)22-19)13-3-7-15(24)8-4-13/h1-8,10,16,24H,9,11H2,(H,22,25)/t16-/m0/s1. The summed E-state index contributed by atoms with van der Waals surface area (Å²) in [5.41, 5.74) is 3.02. The third kappa shape index (κ3) is 3.10. The Balaban J connectivity index is 1.68. The van der Waals surface area contributed by atoms with Crippen molar-refractivity contribution in [3.8, 4) is 5.75 Å². The fourth-order valence-corrected chi connectivity index (χ4v) is 3.28. The van der Waals surface area contributed by atoms with Gasteiger partial charge >= 0.3 is 0 Å². The highest BCUT2D eigenvalue weighted by molar-refractivity contribution is 6.30. The van der Waals surface area contributed by atoms with Crippen molar-refractivity contribution >= 4 is 23.3 Å². The van der Waals surface area contributed by atoms with Crippen molar-refractivity contribution in [1.82, 2.24) is 9.78 Å². The van der Waals surface area contributed by atoms with Gasteiger partial charge in [-0.3, -0.25) is 4.79 Å². The monoisotopic (exact) mass is 353 g/mol. The molecule has 0 unspecified atom stereocenters. The number of hydrogen-bond acceptors (Lipinski definition) is 3. The van der Waals surface area contributed by atoms with Crippen LogP contribution in [0.5, 0.6) is 5.75 Å². The SMILES string of the molecule is O=C1C[C@@H](c2ccc(O)cc2)c2cnn(Cc3ccc(Cl)cc3)c2N1. The second-order valence-corrected chi connectivity index (χ2v) is 6.57. The fraction of sp³-hybridized carbons (Fsp3) is 0.158. The molecule has 25 heavy (non-hydrogen) atoms. The minimum atomic E-state index is -0.0664. The first-order valence-corrected chi connectivity index (χ1v) is 8.37. The highest BCUT2D eigenvalue weighted by atomic mass is 35.5. The van der Waals surface area contributed by atoms with Crippen molar-refractivity contribution in [2.75, 3.05) is 5.32 Å². The van der Waals surface area contributed by atoms with E-state index in [1.165, 1.54) is 0 Å². The van der Waals surface area contributed by atoms with Gasteiger partial charge in [-0.2, -0.15) is 5.10 Å². The number of benzene rings is 2. The number of aromatic nitrogens is 2. The lowest BCUT2D eigenvalue weighted by atomic mass is 9.87. The average Bonchev–Trinajstić information content (AvgIpc) is 3.00. The molecule has 3 aromatic rings. The number of nitrogens with one attached hydrogen (secondary N) is 1. The zero-order valence-electron chi connectivity index (χ0n) is 13.3. The molecule has 126 valence electrons. The molecule has 1 atom stereocenters. The Morgan fingerprint density at radius 2 is 1.88 bits per heavy atom. The fourth-order valence-electron chi connectivity index (χ4n) is 3.16. The Morgan fingerprint density at radius 1 is 1.16 bits per heavy atom. The lowest BCUT2D eigenvalue weighted by molar-refractivity contribution is -0.116. The number of anilines is 1. The van der Waals surface area contributed by atoms with Crippen LogP contribution in [-0.2, 0) is 11.3 Å². The number of phenols is 1. The van der Waals surface area contributed by atoms with E-state index in [0.29, 0.717) is 18.0 Å². The van der Waals surface area contributed by atoms with Gasteiger partial charge in [-0.25, -0.2) is 4.68 Å². The van der Waals surface area contributed by atoms with E-state index in [0.717, 1.165) is 22.5 Å². The van der Waals surface area contributed by atoms with Crippen molar-refractivity contribution in [2.24, 2.45) is 0 Å². The summed E-state index contributed by atoms with van der Waals surface area (Å²) in [6, 6.07) is 14.5. The number of aromatic hydroxyl groups is 1. The van der Waals surface area contributed by atoms with Crippen LogP contribution in [-0.4, -0.2) is 20.8 Å². The summed E-state index contributed by atoms with van der Waals surface area (Å²) in [4.78, 5) is 12.2. The molecule has 1 amide bonds. The van der Waals surface area contributed by atoms with Crippen LogP contribution in [0, 0.1) is 0 Å². The molecule has 0 bridgehead atoms. The van der Waals surface area contributed by atoms with Crippen LogP contribution in [0.2, 0.25) is 5.02 Å². The van der Waals surface area contributed by atoms with Gasteiger partial charge in [-0.15, -0.1) is 0 Å². The minimum absolute atomic E-state index is 0.0385. The van der Waals surface area contributed by atoms with E-state index in [2.05, 4.69) is 10.4 Å². The second kappa shape index (κ2) is 6.26. The van der Waals surface area contributed by atoms with Gasteiger partial charge in [0.15, 0.2) is 0 Å². The van der Waals surface area contributed by atoms with Gasteiger partial charge in [0.25, 0.3) is 0 Å². The summed E-state index contributed by atoms with van der Waals surface area (Å²) in [5.74, 6) is 0.832. The third-order valence-electron chi connectivity index (χ3n) is 4.43. The summed E-state index contributed by atoms with van der Waals surface area (Å²) in [6.45, 7) is 0.551. The van der Waals surface area contributed by atoms with Crippen LogP contribution < -0.4 is 5.32 Å². The number of carbonyl (C=O) groups excluding carboxylic acids is 1. The molecule has 2 aromatic carbocycles. The lowest BCUT2D eigenvalue weighted by Crippen LogP contribution is -2.25. The first-order valence-electron chi connectivity index (χ1n) is 7.99. The Labute approximate surface area is 149 Å². The van der Waals surface area contributed by atoms with Gasteiger partial charge in [0.1, 0.15) is 11.6 Å². The number of nitrogens with zero attached hydrogens (tertiary/aromatic N) is 2. The minimum Gasteiger partial charge on any atom is -0.508 e. The Bertz CT molecular complexity index is 917. The molecule has 0 aliphatic carbocycles. The van der Waals surface area contributed by atoms with E-state index in [-0.39, 0.29) is 17.6 Å². The summed E-state index contributed by atoms with van der Waals surface area (Å²) in [5, 5.41) is 17.6. The Hall–Kier alpha value is -2.79. The number of halogens is 1. The molecule has 4 rings (SSSR count).